The normalized spacial score (nSPS) is 17.7. The summed E-state index contributed by atoms with van der Waals surface area (Å²) in [7, 11) is 0. The molecule has 0 saturated carbocycles. The lowest BCUT2D eigenvalue weighted by atomic mass is 10.0. The van der Waals surface area contributed by atoms with Crippen LogP contribution in [0.4, 0.5) is 5.69 Å². The third-order valence-electron chi connectivity index (χ3n) is 5.58. The summed E-state index contributed by atoms with van der Waals surface area (Å²) in [5, 5.41) is 15.0. The zero-order valence-electron chi connectivity index (χ0n) is 17.4. The number of pyridine rings is 2. The predicted molar refractivity (Wildman–Crippen MR) is 126 cm³/mol. The molecule has 1 N–H and O–H groups in total. The molecule has 0 amide bonds. The maximum absolute atomic E-state index is 11.0. The van der Waals surface area contributed by atoms with Gasteiger partial charge in [-0.2, -0.15) is 0 Å². The molecule has 0 aliphatic carbocycles. The van der Waals surface area contributed by atoms with Crippen LogP contribution in [0.25, 0.3) is 11.3 Å². The zero-order chi connectivity index (χ0) is 22.8. The van der Waals surface area contributed by atoms with E-state index in [9.17, 15) is 10.1 Å². The number of hydrogen-bond acceptors (Lipinski definition) is 6. The van der Waals surface area contributed by atoms with Gasteiger partial charge in [0.05, 0.1) is 16.7 Å². The van der Waals surface area contributed by atoms with Gasteiger partial charge in [-0.15, -0.1) is 0 Å². The first-order valence-electron chi connectivity index (χ1n) is 10.3. The number of thiocarbonyl (C=S) groups is 1. The molecule has 2 atom stereocenters. The first-order valence-corrected chi connectivity index (χ1v) is 10.7. The lowest BCUT2D eigenvalue weighted by Gasteiger charge is -2.26. The monoisotopic (exact) mass is 457 g/mol. The van der Waals surface area contributed by atoms with Gasteiger partial charge < -0.3 is 14.6 Å². The quantitative estimate of drug-likeness (QED) is 0.250. The van der Waals surface area contributed by atoms with E-state index >= 15 is 0 Å². The zero-order valence-corrected chi connectivity index (χ0v) is 18.2. The number of hydrogen-bond donors (Lipinski definition) is 1. The van der Waals surface area contributed by atoms with Crippen LogP contribution in [0.3, 0.4) is 0 Å². The van der Waals surface area contributed by atoms with Crippen molar-refractivity contribution in [3.05, 3.63) is 112 Å². The molecule has 1 aromatic carbocycles. The molecule has 0 unspecified atom stereocenters. The highest BCUT2D eigenvalue weighted by Gasteiger charge is 2.41. The first-order chi connectivity index (χ1) is 16.1. The number of aromatic nitrogens is 2. The number of nitro groups is 1. The van der Waals surface area contributed by atoms with Gasteiger partial charge in [0.25, 0.3) is 5.69 Å². The summed E-state index contributed by atoms with van der Waals surface area (Å²) in [4.78, 5) is 21.3. The number of rotatable bonds is 6. The number of non-ortho nitro benzene ring substituents is 1. The molecule has 0 bridgehead atoms. The summed E-state index contributed by atoms with van der Waals surface area (Å²) < 4.78 is 6.27. The lowest BCUT2D eigenvalue weighted by molar-refractivity contribution is -0.384. The Morgan fingerprint density at radius 3 is 2.52 bits per heavy atom. The second-order valence-corrected chi connectivity index (χ2v) is 8.00. The molecule has 9 heteroatoms. The Balaban J connectivity index is 1.51. The van der Waals surface area contributed by atoms with Gasteiger partial charge in [-0.25, -0.2) is 0 Å². The van der Waals surface area contributed by atoms with Crippen LogP contribution in [-0.2, 0) is 6.54 Å². The van der Waals surface area contributed by atoms with Crippen molar-refractivity contribution in [2.75, 3.05) is 0 Å². The van der Waals surface area contributed by atoms with E-state index in [1.807, 2.05) is 42.5 Å². The van der Waals surface area contributed by atoms with Crippen LogP contribution >= 0.6 is 12.2 Å². The van der Waals surface area contributed by atoms with Crippen LogP contribution in [-0.4, -0.2) is 24.9 Å². The van der Waals surface area contributed by atoms with Gasteiger partial charge in [0, 0.05) is 42.8 Å². The molecule has 1 fully saturated rings. The van der Waals surface area contributed by atoms with Crippen molar-refractivity contribution in [2.24, 2.45) is 0 Å². The van der Waals surface area contributed by atoms with Crippen molar-refractivity contribution in [1.29, 1.82) is 0 Å². The largest absolute Gasteiger partial charge is 0.459 e. The van der Waals surface area contributed by atoms with Crippen LogP contribution in [0, 0.1) is 10.1 Å². The SMILES string of the molecule is O=[N+]([O-])c1ccc(-c2ccc([C@H]3[C@@H](c4ccccn4)NC(=S)N3Cc3ccncc3)o2)cc1. The number of nitrogens with one attached hydrogen (secondary N) is 1. The van der Waals surface area contributed by atoms with E-state index in [0.717, 1.165) is 22.6 Å². The minimum absolute atomic E-state index is 0.0367. The molecule has 1 aliphatic rings. The van der Waals surface area contributed by atoms with E-state index in [1.165, 1.54) is 12.1 Å². The fourth-order valence-electron chi connectivity index (χ4n) is 3.98. The molecule has 0 radical (unpaired) electrons. The summed E-state index contributed by atoms with van der Waals surface area (Å²) in [6.07, 6.45) is 5.27. The molecule has 4 heterocycles. The Hall–Kier alpha value is -4.11. The molecule has 4 aromatic rings. The summed E-state index contributed by atoms with van der Waals surface area (Å²) in [6, 6.07) is 19.4. The Morgan fingerprint density at radius 2 is 1.82 bits per heavy atom. The molecule has 5 rings (SSSR count). The number of furan rings is 1. The van der Waals surface area contributed by atoms with Gasteiger partial charge in [0.2, 0.25) is 0 Å². The van der Waals surface area contributed by atoms with Crippen LogP contribution in [0.1, 0.15) is 29.1 Å². The third kappa shape index (κ3) is 4.18. The maximum Gasteiger partial charge on any atom is 0.269 e. The molecule has 1 saturated heterocycles. The van der Waals surface area contributed by atoms with Gasteiger partial charge in [-0.05, 0) is 66.3 Å². The number of benzene rings is 1. The highest BCUT2D eigenvalue weighted by molar-refractivity contribution is 7.80. The minimum Gasteiger partial charge on any atom is -0.459 e. The molecular formula is C24H19N5O3S. The molecule has 0 spiro atoms. The summed E-state index contributed by atoms with van der Waals surface area (Å²) >= 11 is 5.70. The lowest BCUT2D eigenvalue weighted by Crippen LogP contribution is -2.29. The van der Waals surface area contributed by atoms with Crippen molar-refractivity contribution in [3.8, 4) is 11.3 Å². The number of nitrogens with zero attached hydrogens (tertiary/aromatic N) is 4. The standard InChI is InChI=1S/C24H19N5O3S/c30-29(31)18-6-4-17(5-7-18)20-8-9-21(32-20)23-22(19-3-1-2-12-26-19)27-24(33)28(23)15-16-10-13-25-14-11-16/h1-14,22-23H,15H2,(H,27,33)/t22-,23+/m1/s1. The molecule has 8 nitrogen and oxygen atoms in total. The summed E-state index contributed by atoms with van der Waals surface area (Å²) in [6.45, 7) is 0.579. The highest BCUT2D eigenvalue weighted by Crippen LogP contribution is 2.41. The fraction of sp³-hybridized carbons (Fsp3) is 0.125. The van der Waals surface area contributed by atoms with Crippen molar-refractivity contribution < 1.29 is 9.34 Å². The van der Waals surface area contributed by atoms with Crippen LogP contribution in [0.2, 0.25) is 0 Å². The second kappa shape index (κ2) is 8.79. The molecular weight excluding hydrogens is 438 g/mol. The second-order valence-electron chi connectivity index (χ2n) is 7.62. The topological polar surface area (TPSA) is 97.3 Å². The smallest absolute Gasteiger partial charge is 0.269 e. The Labute approximate surface area is 195 Å². The van der Waals surface area contributed by atoms with Crippen molar-refractivity contribution in [1.82, 2.24) is 20.2 Å². The Kier molecular flexibility index (Phi) is 5.54. The van der Waals surface area contributed by atoms with Gasteiger partial charge in [0.1, 0.15) is 17.6 Å². The van der Waals surface area contributed by atoms with Crippen molar-refractivity contribution in [3.63, 3.8) is 0 Å². The molecule has 3 aromatic heterocycles. The molecule has 164 valence electrons. The highest BCUT2D eigenvalue weighted by atomic mass is 32.1. The first kappa shape index (κ1) is 20.8. The number of nitro benzene ring substituents is 1. The van der Waals surface area contributed by atoms with Crippen molar-refractivity contribution in [2.45, 2.75) is 18.6 Å². The average molecular weight is 458 g/mol. The Bertz CT molecular complexity index is 1280. The third-order valence-corrected chi connectivity index (χ3v) is 5.93. The molecule has 1 aliphatic heterocycles. The summed E-state index contributed by atoms with van der Waals surface area (Å²) in [5.74, 6) is 1.35. The van der Waals surface area contributed by atoms with Gasteiger partial charge in [0.15, 0.2) is 5.11 Å². The summed E-state index contributed by atoms with van der Waals surface area (Å²) in [5.41, 5.74) is 2.73. The molecule has 33 heavy (non-hydrogen) atoms. The fourth-order valence-corrected chi connectivity index (χ4v) is 4.29. The van der Waals surface area contributed by atoms with Gasteiger partial charge >= 0.3 is 0 Å². The van der Waals surface area contributed by atoms with Crippen LogP contribution < -0.4 is 5.32 Å². The van der Waals surface area contributed by atoms with E-state index in [4.69, 9.17) is 16.6 Å². The van der Waals surface area contributed by atoms with Gasteiger partial charge in [-0.3, -0.25) is 20.1 Å². The van der Waals surface area contributed by atoms with Gasteiger partial charge in [-0.1, -0.05) is 6.07 Å². The Morgan fingerprint density at radius 1 is 1.03 bits per heavy atom. The van der Waals surface area contributed by atoms with E-state index in [2.05, 4.69) is 20.2 Å². The maximum atomic E-state index is 11.0. The van der Waals surface area contributed by atoms with Crippen LogP contribution in [0.5, 0.6) is 0 Å². The van der Waals surface area contributed by atoms with Crippen molar-refractivity contribution >= 4 is 23.0 Å². The van der Waals surface area contributed by atoms with E-state index in [-0.39, 0.29) is 17.8 Å². The van der Waals surface area contributed by atoms with E-state index < -0.39 is 4.92 Å². The van der Waals surface area contributed by atoms with E-state index in [1.54, 1.807) is 30.7 Å². The van der Waals surface area contributed by atoms with E-state index in [0.29, 0.717) is 17.4 Å². The predicted octanol–water partition coefficient (Wildman–Crippen LogP) is 4.82. The minimum atomic E-state index is -0.420. The average Bonchev–Trinajstić information content (AvgIpc) is 3.45. The van der Waals surface area contributed by atoms with Crippen LogP contribution in [0.15, 0.2) is 89.7 Å².